The van der Waals surface area contributed by atoms with Gasteiger partial charge in [0.15, 0.2) is 0 Å². The summed E-state index contributed by atoms with van der Waals surface area (Å²) in [5.41, 5.74) is 0. The number of carboxylic acids is 1. The molecule has 0 bridgehead atoms. The van der Waals surface area contributed by atoms with E-state index in [1.807, 2.05) is 0 Å². The molecule has 0 heterocycles. The monoisotopic (exact) mass is 240 g/mol. The molecule has 6 heteroatoms. The lowest BCUT2D eigenvalue weighted by Gasteiger charge is -2.03. The van der Waals surface area contributed by atoms with Gasteiger partial charge < -0.3 is 33.9 Å². The third kappa shape index (κ3) is 4.16. The van der Waals surface area contributed by atoms with Gasteiger partial charge in [0.05, 0.1) is 0 Å². The van der Waals surface area contributed by atoms with E-state index in [9.17, 15) is 13.2 Å². The van der Waals surface area contributed by atoms with Gasteiger partial charge in [-0.05, 0) is 0 Å². The molecule has 0 fully saturated rings. The molecule has 0 aliphatic heterocycles. The first-order chi connectivity index (χ1) is 2.94. The molecule has 8 heavy (non-hydrogen) atoms. The van der Waals surface area contributed by atoms with E-state index in [0.717, 1.165) is 0 Å². The van der Waals surface area contributed by atoms with Crippen LogP contribution in [0.4, 0.5) is 13.2 Å². The first-order valence-corrected chi connectivity index (χ1v) is 1.23. The van der Waals surface area contributed by atoms with Crippen molar-refractivity contribution in [2.45, 2.75) is 6.18 Å². The summed E-state index contributed by atoms with van der Waals surface area (Å²) < 4.78 is 31.5. The topological polar surface area (TPSA) is 40.1 Å². The molecular weight excluding hydrogens is 240 g/mol. The van der Waals surface area contributed by atoms with Gasteiger partial charge in [0.2, 0.25) is 0 Å². The maximum Gasteiger partial charge on any atom is 0.430 e. The molecule has 0 rings (SSSR count). The van der Waals surface area contributed by atoms with Crippen LogP contribution in [0.5, 0.6) is 0 Å². The lowest BCUT2D eigenvalue weighted by molar-refractivity contribution is -0.344. The number of carbonyl (C=O) groups excluding carboxylic acids is 1. The van der Waals surface area contributed by atoms with Gasteiger partial charge in [-0.15, -0.1) is 0 Å². The predicted molar refractivity (Wildman–Crippen MR) is 11.1 cm³/mol. The first kappa shape index (κ1) is 10.9. The number of hydrogen-bond donors (Lipinski definition) is 0. The maximum atomic E-state index is 10.5. The van der Waals surface area contributed by atoms with Crippen LogP contribution in [0.1, 0.15) is 0 Å². The van der Waals surface area contributed by atoms with Gasteiger partial charge in [0, 0.05) is 0 Å². The Labute approximate surface area is 59.7 Å². The molecule has 0 aromatic heterocycles. The number of halogens is 4. The highest BCUT2D eigenvalue weighted by Gasteiger charge is 2.28. The number of hydrogen-bond acceptors (Lipinski definition) is 2. The molecule has 0 saturated heterocycles. The molecule has 0 aromatic rings. The maximum absolute atomic E-state index is 10.5. The molecule has 0 spiro atoms. The predicted octanol–water partition coefficient (Wildman–Crippen LogP) is -3.70. The van der Waals surface area contributed by atoms with Crippen molar-refractivity contribution in [1.82, 2.24) is 0 Å². The van der Waals surface area contributed by atoms with Crippen molar-refractivity contribution < 1.29 is 47.0 Å². The van der Waals surface area contributed by atoms with Gasteiger partial charge in [0.1, 0.15) is 5.97 Å². The number of aliphatic carboxylic acids is 1. The summed E-state index contributed by atoms with van der Waals surface area (Å²) in [4.78, 5) is 8.78. The zero-order valence-corrected chi connectivity index (χ0v) is 5.49. The Morgan fingerprint density at radius 2 is 1.50 bits per heavy atom. The zero-order chi connectivity index (χ0) is 6.08. The number of carboxylic acid groups (broad SMARTS) is 1. The molecule has 0 aromatic carbocycles. The van der Waals surface area contributed by atoms with Gasteiger partial charge in [-0.1, -0.05) is 0 Å². The van der Waals surface area contributed by atoms with E-state index in [2.05, 4.69) is 0 Å². The van der Waals surface area contributed by atoms with Crippen molar-refractivity contribution >= 4 is 5.97 Å². The van der Waals surface area contributed by atoms with Crippen LogP contribution in [-0.4, -0.2) is 12.1 Å². The van der Waals surface area contributed by atoms with E-state index in [1.165, 1.54) is 0 Å². The summed E-state index contributed by atoms with van der Waals surface area (Å²) in [5, 5.41) is 8.78. The zero-order valence-electron chi connectivity index (χ0n) is 3.33. The molecule has 0 atom stereocenters. The first-order valence-electron chi connectivity index (χ1n) is 1.23. The third-order valence-electron chi connectivity index (χ3n) is 0.231. The minimum atomic E-state index is -5.19. The molecule has 0 N–H and O–H groups in total. The van der Waals surface area contributed by atoms with Crippen LogP contribution >= 0.6 is 0 Å². The van der Waals surface area contributed by atoms with E-state index in [1.54, 1.807) is 0 Å². The highest BCUT2D eigenvalue weighted by Crippen LogP contribution is 2.11. The molecule has 0 unspecified atom stereocenters. The van der Waals surface area contributed by atoms with E-state index in [-0.39, 0.29) is 24.0 Å². The number of alkyl halides is 3. The van der Waals surface area contributed by atoms with Gasteiger partial charge in [-0.2, -0.15) is 13.2 Å². The Morgan fingerprint density at radius 3 is 1.50 bits per heavy atom. The van der Waals surface area contributed by atoms with E-state index < -0.39 is 12.1 Å². The van der Waals surface area contributed by atoms with Crippen molar-refractivity contribution in [3.05, 3.63) is 0 Å². The molecule has 0 amide bonds. The van der Waals surface area contributed by atoms with Gasteiger partial charge in [-0.3, -0.25) is 0 Å². The summed E-state index contributed by atoms with van der Waals surface area (Å²) in [5.74, 6) is -3.01. The average molecular weight is 240 g/mol. The highest BCUT2D eigenvalue weighted by molar-refractivity contribution is 5.70. The fourth-order valence-electron chi connectivity index (χ4n) is 0. The Bertz CT molecular complexity index is 87.8. The summed E-state index contributed by atoms with van der Waals surface area (Å²) in [6.45, 7) is 0. The summed E-state index contributed by atoms with van der Waals surface area (Å²) in [6, 6.07) is 0. The van der Waals surface area contributed by atoms with Gasteiger partial charge >= 0.3 is 6.18 Å². The summed E-state index contributed by atoms with van der Waals surface area (Å²) >= 11 is 0. The summed E-state index contributed by atoms with van der Waals surface area (Å²) in [6.07, 6.45) is -5.19. The lowest BCUT2D eigenvalue weighted by Crippen LogP contribution is -3.00. The van der Waals surface area contributed by atoms with Gasteiger partial charge in [-0.25, -0.2) is 0 Å². The lowest BCUT2D eigenvalue weighted by atomic mass is 10.7. The largest absolute Gasteiger partial charge is 1.00 e. The molecule has 2 nitrogen and oxygen atoms in total. The average Bonchev–Trinajstić information content (AvgIpc) is 1.31. The van der Waals surface area contributed by atoms with Crippen LogP contribution in [0.2, 0.25) is 0 Å². The minimum Gasteiger partial charge on any atom is -1.00 e. The van der Waals surface area contributed by atoms with Crippen LogP contribution in [0, 0.1) is 0 Å². The second kappa shape index (κ2) is 3.10. The summed E-state index contributed by atoms with van der Waals surface area (Å²) in [7, 11) is 0. The van der Waals surface area contributed by atoms with Crippen molar-refractivity contribution in [2.75, 3.05) is 0 Å². The number of rotatable bonds is 0. The highest BCUT2D eigenvalue weighted by atomic mass is 127. The molecule has 0 saturated carbocycles. The quantitative estimate of drug-likeness (QED) is 0.409. The van der Waals surface area contributed by atoms with E-state index in [0.29, 0.717) is 0 Å². The number of carbonyl (C=O) groups is 1. The second-order valence-corrected chi connectivity index (χ2v) is 0.785. The Kier molecular flexibility index (Phi) is 4.22. The third-order valence-corrected chi connectivity index (χ3v) is 0.231. The fraction of sp³-hybridized carbons (Fsp3) is 0.500. The van der Waals surface area contributed by atoms with E-state index >= 15 is 0 Å². The van der Waals surface area contributed by atoms with Crippen LogP contribution in [0.25, 0.3) is 0 Å². The van der Waals surface area contributed by atoms with Crippen molar-refractivity contribution in [3.63, 3.8) is 0 Å². The van der Waals surface area contributed by atoms with Crippen LogP contribution < -0.4 is 29.1 Å². The van der Waals surface area contributed by atoms with Crippen LogP contribution in [0.3, 0.4) is 0 Å². The van der Waals surface area contributed by atoms with Crippen LogP contribution in [-0.2, 0) is 4.79 Å². The van der Waals surface area contributed by atoms with Crippen molar-refractivity contribution in [3.8, 4) is 0 Å². The second-order valence-electron chi connectivity index (χ2n) is 0.785. The van der Waals surface area contributed by atoms with Crippen molar-refractivity contribution in [2.24, 2.45) is 0 Å². The van der Waals surface area contributed by atoms with Gasteiger partial charge in [0.25, 0.3) is 0 Å². The Morgan fingerprint density at radius 1 is 1.38 bits per heavy atom. The van der Waals surface area contributed by atoms with E-state index in [4.69, 9.17) is 9.90 Å². The Hall–Kier alpha value is -0.0100. The molecule has 50 valence electrons. The van der Waals surface area contributed by atoms with Crippen molar-refractivity contribution in [1.29, 1.82) is 0 Å². The Balaban J connectivity index is 0. The molecule has 0 radical (unpaired) electrons. The standard InChI is InChI=1S/C2HF3O2.HI/c3-2(4,5)1(6)7;/h(H,6,7);1H/p-2. The smallest absolute Gasteiger partial charge is 0.430 e. The van der Waals surface area contributed by atoms with Crippen LogP contribution in [0.15, 0.2) is 0 Å². The molecule has 0 aliphatic rings. The molecular formula is C2F3IO2-2. The minimum absolute atomic E-state index is 0. The SMILES string of the molecule is O=C([O-])C(F)(F)F.[I-]. The fourth-order valence-corrected chi connectivity index (χ4v) is 0. The normalized spacial score (nSPS) is 9.88. The molecule has 0 aliphatic carbocycles.